The van der Waals surface area contributed by atoms with E-state index >= 15 is 0 Å². The predicted octanol–water partition coefficient (Wildman–Crippen LogP) is 2.57. The van der Waals surface area contributed by atoms with Gasteiger partial charge in [0.15, 0.2) is 5.96 Å². The first-order valence-electron chi connectivity index (χ1n) is 10.6. The highest BCUT2D eigenvalue weighted by Gasteiger charge is 2.41. The number of thioether (sulfide) groups is 1. The zero-order chi connectivity index (χ0) is 19.0. The summed E-state index contributed by atoms with van der Waals surface area (Å²) in [6.45, 7) is 6.64. The Kier molecular flexibility index (Phi) is 10.7. The number of ether oxygens (including phenoxy) is 2. The van der Waals surface area contributed by atoms with Crippen LogP contribution in [0.4, 0.5) is 0 Å². The van der Waals surface area contributed by atoms with E-state index in [0.29, 0.717) is 5.41 Å². The molecule has 0 amide bonds. The molecule has 8 heteroatoms. The van der Waals surface area contributed by atoms with Crippen LogP contribution in [0.3, 0.4) is 0 Å². The van der Waals surface area contributed by atoms with E-state index in [4.69, 9.17) is 9.47 Å². The number of methoxy groups -OCH3 is 1. The smallest absolute Gasteiger partial charge is 0.191 e. The molecule has 0 aromatic rings. The summed E-state index contributed by atoms with van der Waals surface area (Å²) in [5.74, 6) is 3.41. The largest absolute Gasteiger partial charge is 0.385 e. The zero-order valence-electron chi connectivity index (χ0n) is 17.6. The summed E-state index contributed by atoms with van der Waals surface area (Å²) in [6, 6.07) is 0. The minimum Gasteiger partial charge on any atom is -0.385 e. The maximum atomic E-state index is 5.57. The molecule has 0 bridgehead atoms. The van der Waals surface area contributed by atoms with Crippen molar-refractivity contribution in [2.45, 2.75) is 44.1 Å². The maximum absolute atomic E-state index is 5.57. The minimum atomic E-state index is 0. The number of morpholine rings is 1. The molecule has 164 valence electrons. The van der Waals surface area contributed by atoms with Gasteiger partial charge in [0.05, 0.1) is 13.2 Å². The molecule has 2 saturated heterocycles. The van der Waals surface area contributed by atoms with Crippen molar-refractivity contribution in [2.24, 2.45) is 10.4 Å². The van der Waals surface area contributed by atoms with Crippen molar-refractivity contribution < 1.29 is 9.47 Å². The number of hydrogen-bond donors (Lipinski definition) is 2. The van der Waals surface area contributed by atoms with Crippen molar-refractivity contribution in [1.82, 2.24) is 15.5 Å². The number of hydrogen-bond acceptors (Lipinski definition) is 5. The van der Waals surface area contributed by atoms with E-state index in [9.17, 15) is 0 Å². The molecule has 28 heavy (non-hydrogen) atoms. The number of rotatable bonds is 8. The Balaban J connectivity index is 0.00000280. The quantitative estimate of drug-likeness (QED) is 0.288. The first kappa shape index (κ1) is 24.5. The summed E-state index contributed by atoms with van der Waals surface area (Å²) < 4.78 is 10.9. The minimum absolute atomic E-state index is 0. The van der Waals surface area contributed by atoms with Crippen LogP contribution in [0, 0.1) is 5.41 Å². The molecule has 2 N–H and O–H groups in total. The van der Waals surface area contributed by atoms with Gasteiger partial charge in [0.1, 0.15) is 0 Å². The van der Waals surface area contributed by atoms with Gasteiger partial charge in [0, 0.05) is 58.2 Å². The van der Waals surface area contributed by atoms with Gasteiger partial charge >= 0.3 is 0 Å². The van der Waals surface area contributed by atoms with Crippen LogP contribution < -0.4 is 10.6 Å². The third-order valence-corrected chi connectivity index (χ3v) is 7.94. The lowest BCUT2D eigenvalue weighted by molar-refractivity contribution is -0.0120. The first-order chi connectivity index (χ1) is 13.2. The standard InChI is InChI=1S/C20H38N4O2S.HI/c1-21-18(22-15-19(7-11-25-2)5-3-4-6-19)23-16-20(8-14-27-17-20)24-9-12-26-13-10-24;/h3-17H2,1-2H3,(H2,21,22,23);1H. The van der Waals surface area contributed by atoms with Crippen LogP contribution in [0.1, 0.15) is 38.5 Å². The second-order valence-electron chi connectivity index (χ2n) is 8.36. The lowest BCUT2D eigenvalue weighted by Gasteiger charge is -2.43. The number of halogens is 1. The third kappa shape index (κ3) is 6.36. The molecule has 0 aromatic heterocycles. The molecule has 0 spiro atoms. The Morgan fingerprint density at radius 1 is 1.14 bits per heavy atom. The van der Waals surface area contributed by atoms with Crippen LogP contribution in [0.2, 0.25) is 0 Å². The van der Waals surface area contributed by atoms with Crippen molar-refractivity contribution in [3.05, 3.63) is 0 Å². The normalized spacial score (nSPS) is 28.1. The van der Waals surface area contributed by atoms with Gasteiger partial charge in [-0.25, -0.2) is 0 Å². The van der Waals surface area contributed by atoms with Crippen LogP contribution in [0.25, 0.3) is 0 Å². The Bertz CT molecular complexity index is 477. The fraction of sp³-hybridized carbons (Fsp3) is 0.950. The SMILES string of the molecule is CN=C(NCC1(CCOC)CCCC1)NCC1(N2CCOCC2)CCSC1.I. The highest BCUT2D eigenvalue weighted by Crippen LogP contribution is 2.40. The average Bonchev–Trinajstić information content (AvgIpc) is 3.38. The number of nitrogens with zero attached hydrogens (tertiary/aromatic N) is 2. The van der Waals surface area contributed by atoms with Gasteiger partial charge < -0.3 is 20.1 Å². The molecule has 1 saturated carbocycles. The zero-order valence-corrected chi connectivity index (χ0v) is 20.8. The molecule has 2 heterocycles. The molecular weight excluding hydrogens is 487 g/mol. The van der Waals surface area contributed by atoms with Crippen molar-refractivity contribution in [3.8, 4) is 0 Å². The lowest BCUT2D eigenvalue weighted by Crippen LogP contribution is -2.60. The van der Waals surface area contributed by atoms with Crippen molar-refractivity contribution in [3.63, 3.8) is 0 Å². The number of aliphatic imine (C=N–C) groups is 1. The van der Waals surface area contributed by atoms with Gasteiger partial charge in [0.2, 0.25) is 0 Å². The summed E-state index contributed by atoms with van der Waals surface area (Å²) in [6.07, 6.45) is 7.67. The number of guanidine groups is 1. The fourth-order valence-corrected chi connectivity index (χ4v) is 6.31. The van der Waals surface area contributed by atoms with Crippen LogP contribution in [0.5, 0.6) is 0 Å². The van der Waals surface area contributed by atoms with E-state index in [-0.39, 0.29) is 29.5 Å². The second-order valence-corrected chi connectivity index (χ2v) is 9.46. The summed E-state index contributed by atoms with van der Waals surface area (Å²) in [5, 5.41) is 7.30. The van der Waals surface area contributed by atoms with Gasteiger partial charge in [-0.05, 0) is 36.9 Å². The van der Waals surface area contributed by atoms with Crippen LogP contribution >= 0.6 is 35.7 Å². The van der Waals surface area contributed by atoms with E-state index < -0.39 is 0 Å². The molecule has 0 radical (unpaired) electrons. The average molecular weight is 527 g/mol. The lowest BCUT2D eigenvalue weighted by atomic mass is 9.83. The molecule has 6 nitrogen and oxygen atoms in total. The molecule has 3 rings (SSSR count). The summed E-state index contributed by atoms with van der Waals surface area (Å²) in [5.41, 5.74) is 0.617. The van der Waals surface area contributed by atoms with Crippen molar-refractivity contribution in [1.29, 1.82) is 0 Å². The molecule has 3 fully saturated rings. The van der Waals surface area contributed by atoms with E-state index in [2.05, 4.69) is 32.3 Å². The van der Waals surface area contributed by atoms with E-state index in [1.807, 2.05) is 7.05 Å². The van der Waals surface area contributed by atoms with Gasteiger partial charge in [-0.3, -0.25) is 9.89 Å². The Hall–Kier alpha value is 0.230. The fourth-order valence-electron chi connectivity index (χ4n) is 4.83. The highest BCUT2D eigenvalue weighted by molar-refractivity contribution is 14.0. The van der Waals surface area contributed by atoms with Crippen LogP contribution in [-0.4, -0.2) is 88.1 Å². The Morgan fingerprint density at radius 2 is 1.86 bits per heavy atom. The van der Waals surface area contributed by atoms with Crippen LogP contribution in [-0.2, 0) is 9.47 Å². The van der Waals surface area contributed by atoms with E-state index in [1.54, 1.807) is 7.11 Å². The molecule has 0 aromatic carbocycles. The summed E-state index contributed by atoms with van der Waals surface area (Å²) >= 11 is 2.08. The van der Waals surface area contributed by atoms with Crippen molar-refractivity contribution >= 4 is 41.7 Å². The topological polar surface area (TPSA) is 58.1 Å². The van der Waals surface area contributed by atoms with Gasteiger partial charge in [-0.1, -0.05) is 12.8 Å². The molecule has 1 aliphatic carbocycles. The molecule has 2 aliphatic heterocycles. The van der Waals surface area contributed by atoms with Crippen LogP contribution in [0.15, 0.2) is 4.99 Å². The molecule has 1 atom stereocenters. The van der Waals surface area contributed by atoms with Gasteiger partial charge in [-0.15, -0.1) is 24.0 Å². The third-order valence-electron chi connectivity index (χ3n) is 6.70. The predicted molar refractivity (Wildman–Crippen MR) is 129 cm³/mol. The molecule has 1 unspecified atom stereocenters. The van der Waals surface area contributed by atoms with E-state index in [1.165, 1.54) is 43.6 Å². The first-order valence-corrected chi connectivity index (χ1v) is 11.7. The monoisotopic (exact) mass is 526 g/mol. The second kappa shape index (κ2) is 12.2. The maximum Gasteiger partial charge on any atom is 0.191 e. The van der Waals surface area contributed by atoms with Gasteiger partial charge in [-0.2, -0.15) is 11.8 Å². The van der Waals surface area contributed by atoms with Gasteiger partial charge in [0.25, 0.3) is 0 Å². The highest BCUT2D eigenvalue weighted by atomic mass is 127. The number of nitrogens with one attached hydrogen (secondary N) is 2. The molecular formula is C20H39IN4O2S. The Morgan fingerprint density at radius 3 is 2.46 bits per heavy atom. The Labute approximate surface area is 192 Å². The molecule has 3 aliphatic rings. The van der Waals surface area contributed by atoms with Crippen molar-refractivity contribution in [2.75, 3.05) is 71.7 Å². The summed E-state index contributed by atoms with van der Waals surface area (Å²) in [4.78, 5) is 7.16. The van der Waals surface area contributed by atoms with E-state index in [0.717, 1.165) is 58.4 Å². The summed E-state index contributed by atoms with van der Waals surface area (Å²) in [7, 11) is 3.69.